The summed E-state index contributed by atoms with van der Waals surface area (Å²) in [6.07, 6.45) is 12.7. The third-order valence-corrected chi connectivity index (χ3v) is 27.0. The number of H-pyrrole nitrogens is 5. The minimum absolute atomic E-state index is 0.262. The molecular weight excluding hydrogens is 1770 g/mol. The predicted molar refractivity (Wildman–Crippen MR) is 521 cm³/mol. The van der Waals surface area contributed by atoms with E-state index >= 15 is 0 Å². The lowest BCUT2D eigenvalue weighted by atomic mass is 10.00. The van der Waals surface area contributed by atoms with Crippen molar-refractivity contribution in [3.63, 3.8) is 0 Å². The number of nitrogens with zero attached hydrogens (tertiary/aromatic N) is 9. The zero-order chi connectivity index (χ0) is 99.0. The molecule has 5 saturated heterocycles. The van der Waals surface area contributed by atoms with Crippen LogP contribution in [0.4, 0.5) is 28.4 Å². The number of aromatic nitrogens is 9. The number of nitrogens with two attached hydrogens (primary N) is 2. The van der Waals surface area contributed by atoms with E-state index in [2.05, 4.69) is 70.8 Å². The summed E-state index contributed by atoms with van der Waals surface area (Å²) in [7, 11) is 0. The SMILES string of the molecule is CCc1c(-c2ccc(N3CCC(N)CC3)cc2)[nH]c(=O)c(C(=O)O)c1O.CCc1c(-c2ccc(N3CCC(O)(CC)C3)cc2)[nH]c(=O)c(C(=O)O)c1O.CCc1c(-c2ccc(N3CCC(c4ccccn4)C3)cc2)[nH]c(=O)c(C(=O)O)c1O.CCc1c(-c2ccc(N3CCC(n4ccnn4)C3)cc2)[nH]c(=O)c(C(=O)O)c1O.CCc1c(-c2ccc(N3C[C@@H]4C(N)[C@@H]4C3)cc2)[nH]c(=O)c(C(=O)O)c1O. The molecule has 4 unspecified atom stereocenters. The van der Waals surface area contributed by atoms with E-state index in [1.807, 2.05) is 157 Å². The second kappa shape index (κ2) is 42.1. The van der Waals surface area contributed by atoms with Crippen LogP contribution in [0.5, 0.6) is 28.7 Å². The third kappa shape index (κ3) is 20.8. The van der Waals surface area contributed by atoms with Crippen molar-refractivity contribution in [2.75, 3.05) is 89.9 Å². The number of fused-ring (bicyclic) bond motifs is 1. The van der Waals surface area contributed by atoms with Gasteiger partial charge in [-0.1, -0.05) is 113 Å². The molecule has 0 spiro atoms. The average molecular weight is 1890 g/mol. The third-order valence-electron chi connectivity index (χ3n) is 27.0. The Labute approximate surface area is 790 Å². The normalized spacial score (nSPS) is 18.1. The van der Waals surface area contributed by atoms with E-state index in [1.54, 1.807) is 40.8 Å². The molecule has 0 radical (unpaired) electrons. The lowest BCUT2D eigenvalue weighted by Gasteiger charge is -2.32. The van der Waals surface area contributed by atoms with Gasteiger partial charge in [0.05, 0.1) is 46.3 Å². The van der Waals surface area contributed by atoms with Gasteiger partial charge in [-0.05, 0) is 183 Å². The van der Waals surface area contributed by atoms with Gasteiger partial charge in [-0.3, -0.25) is 29.0 Å². The molecule has 6 atom stereocenters. The smallest absolute Gasteiger partial charge is 0.345 e. The first kappa shape index (κ1) is 98.4. The molecule has 1 saturated carbocycles. The highest BCUT2D eigenvalue weighted by atomic mass is 16.4. The first-order valence-corrected chi connectivity index (χ1v) is 46.0. The molecule has 12 aromatic rings. The maximum absolute atomic E-state index is 12.2. The number of aromatic amines is 5. The average Bonchev–Trinajstić information content (AvgIpc) is 1.59. The number of carboxylic acids is 5. The van der Waals surface area contributed by atoms with Gasteiger partial charge >= 0.3 is 29.8 Å². The van der Waals surface area contributed by atoms with Gasteiger partial charge in [0, 0.05) is 158 Å². The minimum Gasteiger partial charge on any atom is -0.506 e. The van der Waals surface area contributed by atoms with Crippen molar-refractivity contribution in [1.29, 1.82) is 0 Å². The van der Waals surface area contributed by atoms with Gasteiger partial charge in [-0.2, -0.15) is 0 Å². The summed E-state index contributed by atoms with van der Waals surface area (Å²) in [5.74, 6) is -7.99. The molecule has 37 heteroatoms. The molecule has 0 amide bonds. The Morgan fingerprint density at radius 1 is 0.384 bits per heavy atom. The van der Waals surface area contributed by atoms with Crippen LogP contribution in [-0.4, -0.2) is 214 Å². The van der Waals surface area contributed by atoms with Gasteiger partial charge in [0.2, 0.25) is 0 Å². The number of carboxylic acid groups (broad SMARTS) is 5. The number of aliphatic hydroxyl groups is 1. The first-order chi connectivity index (χ1) is 66.1. The Hall–Kier alpha value is -15.6. The van der Waals surface area contributed by atoms with Crippen LogP contribution >= 0.6 is 0 Å². The highest BCUT2D eigenvalue weighted by Crippen LogP contribution is 2.46. The summed E-state index contributed by atoms with van der Waals surface area (Å²) in [6.45, 7) is 19.6. The van der Waals surface area contributed by atoms with Gasteiger partial charge < -0.3 is 117 Å². The maximum atomic E-state index is 12.2. The fourth-order valence-electron chi connectivity index (χ4n) is 19.0. The number of benzene rings is 5. The van der Waals surface area contributed by atoms with E-state index in [9.17, 15) is 88.8 Å². The van der Waals surface area contributed by atoms with E-state index in [-0.39, 0.29) is 12.1 Å². The number of hydrogen-bond donors (Lipinski definition) is 18. The molecule has 37 nitrogen and oxygen atoms in total. The number of piperidine rings is 2. The molecule has 138 heavy (non-hydrogen) atoms. The fourth-order valence-corrected chi connectivity index (χ4v) is 19.0. The van der Waals surface area contributed by atoms with Gasteiger partial charge in [0.15, 0.2) is 27.8 Å². The van der Waals surface area contributed by atoms with Crippen LogP contribution in [-0.2, 0) is 32.1 Å². The molecule has 722 valence electrons. The Morgan fingerprint density at radius 2 is 0.703 bits per heavy atom. The van der Waals surface area contributed by atoms with Gasteiger partial charge in [0.1, 0.15) is 28.7 Å². The van der Waals surface area contributed by atoms with Crippen LogP contribution in [0.25, 0.3) is 56.3 Å². The predicted octanol–water partition coefficient (Wildman–Crippen LogP) is 11.1. The topological polar surface area (TPSA) is 584 Å². The van der Waals surface area contributed by atoms with Gasteiger partial charge in [0.25, 0.3) is 27.8 Å². The van der Waals surface area contributed by atoms with Crippen LogP contribution in [0.1, 0.15) is 177 Å². The van der Waals surface area contributed by atoms with E-state index in [0.717, 1.165) is 142 Å². The lowest BCUT2D eigenvalue weighted by molar-refractivity contribution is 0.0592. The number of aromatic hydroxyl groups is 5. The van der Waals surface area contributed by atoms with Crippen molar-refractivity contribution in [3.05, 3.63) is 271 Å². The number of β-amino-alcohol motifs (C(OH)–C–C–N with tert-alkyl or cyclic N) is 1. The van der Waals surface area contributed by atoms with Crippen molar-refractivity contribution < 1.29 is 80.1 Å². The zero-order valence-corrected chi connectivity index (χ0v) is 77.0. The van der Waals surface area contributed by atoms with Crippen molar-refractivity contribution in [3.8, 4) is 85.0 Å². The van der Waals surface area contributed by atoms with Gasteiger partial charge in [-0.25, -0.2) is 28.7 Å². The van der Waals surface area contributed by atoms with Crippen LogP contribution in [0.3, 0.4) is 0 Å². The maximum Gasteiger partial charge on any atom is 0.345 e. The molecule has 1 aliphatic carbocycles. The summed E-state index contributed by atoms with van der Waals surface area (Å²) in [6, 6.07) is 45.1. The first-order valence-electron chi connectivity index (χ1n) is 46.0. The molecule has 6 fully saturated rings. The van der Waals surface area contributed by atoms with Crippen LogP contribution in [0.15, 0.2) is 182 Å². The highest BCUT2D eigenvalue weighted by Gasteiger charge is 2.53. The number of anilines is 5. The summed E-state index contributed by atoms with van der Waals surface area (Å²) in [5.41, 5.74) is 18.3. The van der Waals surface area contributed by atoms with Crippen LogP contribution < -0.4 is 63.8 Å². The van der Waals surface area contributed by atoms with E-state index in [0.29, 0.717) is 136 Å². The Kier molecular flexibility index (Phi) is 30.0. The Bertz CT molecular complexity index is 6680. The fraction of sp³-hybridized carbons (Fsp3) is 0.337. The number of aromatic carboxylic acids is 5. The second-order valence-electron chi connectivity index (χ2n) is 35.0. The molecule has 0 bridgehead atoms. The molecule has 7 aromatic heterocycles. The highest BCUT2D eigenvalue weighted by molar-refractivity contribution is 5.95. The lowest BCUT2D eigenvalue weighted by Crippen LogP contribution is -2.39. The summed E-state index contributed by atoms with van der Waals surface area (Å²) < 4.78 is 1.87. The summed E-state index contributed by atoms with van der Waals surface area (Å²) in [5, 5.41) is 116. The van der Waals surface area contributed by atoms with Crippen molar-refractivity contribution >= 4 is 58.3 Å². The summed E-state index contributed by atoms with van der Waals surface area (Å²) in [4.78, 5) is 146. The number of hydrogen-bond acceptors (Lipinski definition) is 26. The Balaban J connectivity index is 0.000000138. The molecule has 20 N–H and O–H groups in total. The molecule has 18 rings (SSSR count). The molecule has 6 aliphatic rings. The monoisotopic (exact) mass is 1880 g/mol. The van der Waals surface area contributed by atoms with E-state index < -0.39 is 120 Å². The van der Waals surface area contributed by atoms with E-state index in [1.165, 1.54) is 0 Å². The largest absolute Gasteiger partial charge is 0.506 e. The number of pyridine rings is 6. The van der Waals surface area contributed by atoms with Crippen LogP contribution in [0.2, 0.25) is 0 Å². The van der Waals surface area contributed by atoms with E-state index in [4.69, 9.17) is 26.8 Å². The van der Waals surface area contributed by atoms with Crippen molar-refractivity contribution in [2.24, 2.45) is 23.3 Å². The molecule has 5 aliphatic heterocycles. The van der Waals surface area contributed by atoms with Gasteiger partial charge in [-0.15, -0.1) is 5.10 Å². The number of rotatable bonds is 23. The zero-order valence-electron chi connectivity index (χ0n) is 77.0. The Morgan fingerprint density at radius 3 is 1.01 bits per heavy atom. The summed E-state index contributed by atoms with van der Waals surface area (Å²) >= 11 is 0. The van der Waals surface area contributed by atoms with Crippen molar-refractivity contribution in [1.82, 2.24) is 44.9 Å². The molecule has 5 aromatic carbocycles. The number of carbonyl (C=O) groups is 5. The van der Waals surface area contributed by atoms with Crippen LogP contribution in [0, 0.1) is 11.8 Å². The molecule has 12 heterocycles. The molecular formula is C101H112N16O21. The van der Waals surface area contributed by atoms with Crippen molar-refractivity contribution in [2.45, 2.75) is 142 Å². The quantitative estimate of drug-likeness (QED) is 0.0283. The second-order valence-corrected chi connectivity index (χ2v) is 35.0. The standard InChI is InChI=1S/C23H23N3O4.C20H21N5O4.C20H24N2O5.C19H21N3O4.C19H23N3O4/c1-2-17-20(25-22(28)19(21(17)27)23(29)30)14-6-8-16(9-7-14)26-12-10-15(13-26)18-5-3-4-11-24-18;1-2-15-17(22-19(27)16(18(15)26)20(28)29)12-3-5-13(6-4-12)24-9-7-14(11-24)25-10-8-21-23-25;1-3-14-16(21-18(24)15(17(14)23)19(25)26)12-5-7-13(8-6-12)22-10-9-20(27,4-2)11-22;1-2-11-16(21-18(24)14(17(11)23)19(25)26)9-3-5-10(6-4-9)22-7-12-13(8-22)15(12)20;1-2-14-16(21-18(24)15(17(14)23)19(25)26)11-3-5-13(6-4-11)22-9-7-12(20)8-10-22/h3-9,11,15H,2,10,12-13H2,1H3,(H,29,30)(H2,25,27,28);3-6,8,10,14H,2,7,9,11H2,1H3,(H,28,29)(H2,22,26,27);5-8,27H,3-4,9-11H2,1-2H3,(H,25,26)(H2,21,23,24);3-6,12-13,15H,2,7-8,20H2,1H3,(H,25,26)(H2,21,23,24);3-6,12H,2,7-10,20H2,1H3,(H,25,26)(H2,21,23,24)/t;;;12-,13+,15?;. The minimum atomic E-state index is -1.46. The number of nitrogens with one attached hydrogen (secondary N) is 5.